The molecule has 1 aliphatic heterocycles. The maximum Gasteiger partial charge on any atom is 0.274 e. The number of rotatable bonds is 3. The summed E-state index contributed by atoms with van der Waals surface area (Å²) in [4.78, 5) is 14.2. The van der Waals surface area contributed by atoms with Gasteiger partial charge in [-0.15, -0.1) is 0 Å². The predicted octanol–water partition coefficient (Wildman–Crippen LogP) is 4.19. The van der Waals surface area contributed by atoms with Crippen molar-refractivity contribution in [1.29, 1.82) is 0 Å². The second-order valence-corrected chi connectivity index (χ2v) is 8.60. The van der Waals surface area contributed by atoms with Crippen molar-refractivity contribution in [3.8, 4) is 0 Å². The molecular formula is C21H29FN2O2. The van der Waals surface area contributed by atoms with Gasteiger partial charge in [-0.1, -0.05) is 26.2 Å². The molecule has 2 aliphatic carbocycles. The number of nitrogens with zero attached hydrogens (tertiary/aromatic N) is 1. The van der Waals surface area contributed by atoms with Crippen LogP contribution in [0.25, 0.3) is 0 Å². The molecule has 0 unspecified atom stereocenters. The highest BCUT2D eigenvalue weighted by Gasteiger charge is 2.48. The first-order valence-electron chi connectivity index (χ1n) is 10.1. The van der Waals surface area contributed by atoms with Gasteiger partial charge in [-0.2, -0.15) is 0 Å². The minimum Gasteiger partial charge on any atom is -0.293 e. The lowest BCUT2D eigenvalue weighted by molar-refractivity contribution is -0.0514. The molecule has 1 spiro atoms. The van der Waals surface area contributed by atoms with E-state index in [4.69, 9.17) is 5.21 Å². The topological polar surface area (TPSA) is 52.6 Å². The molecule has 5 heteroatoms. The highest BCUT2D eigenvalue weighted by atomic mass is 19.1. The van der Waals surface area contributed by atoms with E-state index in [0.717, 1.165) is 24.0 Å². The van der Waals surface area contributed by atoms with E-state index in [2.05, 4.69) is 11.8 Å². The Morgan fingerprint density at radius 3 is 2.69 bits per heavy atom. The normalized spacial score (nSPS) is 25.6. The number of carbonyl (C=O) groups excluding carboxylic acids is 1. The van der Waals surface area contributed by atoms with Gasteiger partial charge in [-0.05, 0) is 61.6 Å². The van der Waals surface area contributed by atoms with Gasteiger partial charge in [0.2, 0.25) is 0 Å². The van der Waals surface area contributed by atoms with Crippen molar-refractivity contribution in [2.75, 3.05) is 0 Å². The van der Waals surface area contributed by atoms with Gasteiger partial charge in [0, 0.05) is 29.8 Å². The first kappa shape index (κ1) is 17.9. The number of hydrogen-bond donors (Lipinski definition) is 2. The molecule has 1 aromatic carbocycles. The van der Waals surface area contributed by atoms with Crippen LogP contribution in [0.3, 0.4) is 0 Å². The van der Waals surface area contributed by atoms with Gasteiger partial charge in [0.1, 0.15) is 5.82 Å². The fourth-order valence-electron chi connectivity index (χ4n) is 5.62. The SMILES string of the molecule is CC[C@H]1Cc2cc(C(=O)NO)cc(F)c2CN1C1CC2(CCCCC2)C1. The minimum absolute atomic E-state index is 0.192. The van der Waals surface area contributed by atoms with E-state index in [-0.39, 0.29) is 11.4 Å². The summed E-state index contributed by atoms with van der Waals surface area (Å²) >= 11 is 0. The monoisotopic (exact) mass is 360 g/mol. The van der Waals surface area contributed by atoms with Gasteiger partial charge < -0.3 is 0 Å². The Kier molecular flexibility index (Phi) is 4.78. The number of amides is 1. The van der Waals surface area contributed by atoms with Gasteiger partial charge >= 0.3 is 0 Å². The number of hydrogen-bond acceptors (Lipinski definition) is 3. The van der Waals surface area contributed by atoms with Gasteiger partial charge in [0.25, 0.3) is 5.91 Å². The number of carbonyl (C=O) groups is 1. The van der Waals surface area contributed by atoms with Crippen LogP contribution in [0.2, 0.25) is 0 Å². The van der Waals surface area contributed by atoms with Crippen LogP contribution in [0.4, 0.5) is 4.39 Å². The van der Waals surface area contributed by atoms with Crippen molar-refractivity contribution in [2.45, 2.75) is 83.3 Å². The Hall–Kier alpha value is -1.46. The van der Waals surface area contributed by atoms with Crippen LogP contribution in [0.15, 0.2) is 12.1 Å². The second-order valence-electron chi connectivity index (χ2n) is 8.60. The number of nitrogens with one attached hydrogen (secondary N) is 1. The van der Waals surface area contributed by atoms with Crippen LogP contribution >= 0.6 is 0 Å². The number of fused-ring (bicyclic) bond motifs is 1. The fourth-order valence-corrected chi connectivity index (χ4v) is 5.62. The van der Waals surface area contributed by atoms with Crippen molar-refractivity contribution in [1.82, 2.24) is 10.4 Å². The summed E-state index contributed by atoms with van der Waals surface area (Å²) in [5.41, 5.74) is 4.01. The Morgan fingerprint density at radius 1 is 1.31 bits per heavy atom. The van der Waals surface area contributed by atoms with Crippen LogP contribution in [0.1, 0.15) is 79.8 Å². The first-order chi connectivity index (χ1) is 12.5. The van der Waals surface area contributed by atoms with Gasteiger partial charge in [-0.25, -0.2) is 9.87 Å². The first-order valence-corrected chi connectivity index (χ1v) is 10.1. The highest BCUT2D eigenvalue weighted by Crippen LogP contribution is 2.54. The smallest absolute Gasteiger partial charge is 0.274 e. The predicted molar refractivity (Wildman–Crippen MR) is 97.5 cm³/mol. The Bertz CT molecular complexity index is 691. The molecule has 3 aliphatic rings. The summed E-state index contributed by atoms with van der Waals surface area (Å²) in [6.45, 7) is 2.83. The maximum atomic E-state index is 14.7. The molecule has 0 bridgehead atoms. The summed E-state index contributed by atoms with van der Waals surface area (Å²) in [7, 11) is 0. The van der Waals surface area contributed by atoms with E-state index in [0.29, 0.717) is 24.0 Å². The van der Waals surface area contributed by atoms with Gasteiger partial charge in [-0.3, -0.25) is 14.9 Å². The van der Waals surface area contributed by atoms with Crippen molar-refractivity contribution in [2.24, 2.45) is 5.41 Å². The van der Waals surface area contributed by atoms with Gasteiger partial charge in [0.15, 0.2) is 0 Å². The molecule has 0 radical (unpaired) electrons. The molecule has 142 valence electrons. The number of halogens is 1. The standard InChI is InChI=1S/C21H29FN2O2/c1-2-16-9-14-8-15(20(25)23-26)10-19(22)18(14)13-24(16)17-11-21(12-17)6-4-3-5-7-21/h8,10,16-17,26H,2-7,9,11-13H2,1H3,(H,23,25)/t16-/m0/s1. The molecule has 2 N–H and O–H groups in total. The summed E-state index contributed by atoms with van der Waals surface area (Å²) in [6.07, 6.45) is 11.2. The number of hydroxylamine groups is 1. The van der Waals surface area contributed by atoms with Crippen LogP contribution in [0, 0.1) is 11.2 Å². The lowest BCUT2D eigenvalue weighted by Crippen LogP contribution is -2.56. The molecule has 0 aromatic heterocycles. The average Bonchev–Trinajstić information content (AvgIpc) is 2.65. The molecule has 1 atom stereocenters. The largest absolute Gasteiger partial charge is 0.293 e. The zero-order valence-electron chi connectivity index (χ0n) is 15.6. The third-order valence-electron chi connectivity index (χ3n) is 7.11. The van der Waals surface area contributed by atoms with E-state index in [1.54, 1.807) is 11.5 Å². The van der Waals surface area contributed by atoms with Gasteiger partial charge in [0.05, 0.1) is 0 Å². The minimum atomic E-state index is -0.652. The Morgan fingerprint density at radius 2 is 2.04 bits per heavy atom. The average molecular weight is 360 g/mol. The van der Waals surface area contributed by atoms with E-state index >= 15 is 0 Å². The lowest BCUT2D eigenvalue weighted by Gasteiger charge is -2.56. The summed E-state index contributed by atoms with van der Waals surface area (Å²) < 4.78 is 14.7. The van der Waals surface area contributed by atoms with Crippen molar-refractivity contribution in [3.63, 3.8) is 0 Å². The second kappa shape index (κ2) is 6.93. The molecule has 0 saturated heterocycles. The molecule has 4 rings (SSSR count). The third kappa shape index (κ3) is 3.05. The van der Waals surface area contributed by atoms with Crippen LogP contribution in [0.5, 0.6) is 0 Å². The lowest BCUT2D eigenvalue weighted by atomic mass is 9.57. The zero-order valence-corrected chi connectivity index (χ0v) is 15.6. The molecule has 2 fully saturated rings. The third-order valence-corrected chi connectivity index (χ3v) is 7.11. The van der Waals surface area contributed by atoms with E-state index in [1.165, 1.54) is 51.0 Å². The molecule has 4 nitrogen and oxygen atoms in total. The van der Waals surface area contributed by atoms with Crippen LogP contribution < -0.4 is 5.48 Å². The Balaban J connectivity index is 1.54. The molecule has 1 heterocycles. The molecule has 1 aromatic rings. The molecular weight excluding hydrogens is 331 g/mol. The molecule has 26 heavy (non-hydrogen) atoms. The summed E-state index contributed by atoms with van der Waals surface area (Å²) in [5, 5.41) is 8.83. The fraction of sp³-hybridized carbons (Fsp3) is 0.667. The van der Waals surface area contributed by atoms with E-state index < -0.39 is 5.91 Å². The van der Waals surface area contributed by atoms with Crippen molar-refractivity contribution < 1.29 is 14.4 Å². The van der Waals surface area contributed by atoms with Crippen molar-refractivity contribution >= 4 is 5.91 Å². The molecule has 2 saturated carbocycles. The zero-order chi connectivity index (χ0) is 18.3. The maximum absolute atomic E-state index is 14.7. The quantitative estimate of drug-likeness (QED) is 0.628. The van der Waals surface area contributed by atoms with E-state index in [1.807, 2.05) is 0 Å². The van der Waals surface area contributed by atoms with E-state index in [9.17, 15) is 9.18 Å². The van der Waals surface area contributed by atoms with Crippen LogP contribution in [-0.4, -0.2) is 28.1 Å². The summed E-state index contributed by atoms with van der Waals surface area (Å²) in [5.74, 6) is -0.979. The number of benzene rings is 1. The van der Waals surface area contributed by atoms with Crippen LogP contribution in [-0.2, 0) is 13.0 Å². The van der Waals surface area contributed by atoms with Crippen molar-refractivity contribution in [3.05, 3.63) is 34.6 Å². The highest BCUT2D eigenvalue weighted by molar-refractivity contribution is 5.93. The Labute approximate surface area is 154 Å². The molecule has 1 amide bonds. The summed E-state index contributed by atoms with van der Waals surface area (Å²) in [6, 6.07) is 3.97.